The van der Waals surface area contributed by atoms with E-state index in [4.69, 9.17) is 0 Å². The van der Waals surface area contributed by atoms with E-state index in [-0.39, 0.29) is 6.16 Å². The van der Waals surface area contributed by atoms with Crippen LogP contribution in [0.5, 0.6) is 0 Å². The van der Waals surface area contributed by atoms with Crippen molar-refractivity contribution >= 4 is 15.4 Å². The van der Waals surface area contributed by atoms with Crippen LogP contribution >= 0.6 is 15.4 Å². The van der Waals surface area contributed by atoms with E-state index in [0.29, 0.717) is 6.42 Å². The van der Waals surface area contributed by atoms with Gasteiger partial charge in [0.2, 0.25) is 0 Å². The summed E-state index contributed by atoms with van der Waals surface area (Å²) in [5.41, 5.74) is -0.530. The summed E-state index contributed by atoms with van der Waals surface area (Å²) in [5, 5.41) is -0.881. The van der Waals surface area contributed by atoms with E-state index in [9.17, 15) is 18.3 Å². The first kappa shape index (κ1) is 13.8. The molecule has 0 unspecified atom stereocenters. The van der Waals surface area contributed by atoms with Crippen LogP contribution in [0.4, 0.5) is 0 Å². The summed E-state index contributed by atoms with van der Waals surface area (Å²) in [6.45, 7) is 6.79. The van der Waals surface area contributed by atoms with Crippen LogP contribution in [0.2, 0.25) is 0 Å². The van der Waals surface area contributed by atoms with Gasteiger partial charge in [-0.3, -0.25) is 0 Å². The fourth-order valence-corrected chi connectivity index (χ4v) is 2.27. The Morgan fingerprint density at radius 3 is 1.64 bits per heavy atom. The highest BCUT2D eigenvalue weighted by atomic mass is 31.1. The predicted octanol–water partition coefficient (Wildman–Crippen LogP) is 3.53. The molecule has 0 aliphatic heterocycles. The average Bonchev–Trinajstić information content (AvgIpc) is 2.00. The van der Waals surface area contributed by atoms with Crippen LogP contribution in [-0.2, 0) is 18.3 Å². The highest BCUT2D eigenvalue weighted by Gasteiger charge is 2.41. The standard InChI is InChI=1S/C8H16O4P2/c1-7(2,5-6-13(9)10)8(3,4)14(11)12/h5-6H2,1-4H3. The van der Waals surface area contributed by atoms with Crippen LogP contribution in [0.25, 0.3) is 0 Å². The molecule has 0 bridgehead atoms. The molecule has 0 aromatic heterocycles. The van der Waals surface area contributed by atoms with Crippen molar-refractivity contribution in [2.24, 2.45) is 5.41 Å². The van der Waals surface area contributed by atoms with Gasteiger partial charge in [-0.15, -0.1) is 0 Å². The summed E-state index contributed by atoms with van der Waals surface area (Å²) in [6.07, 6.45) is 0.400. The maximum Gasteiger partial charge on any atom is 0.321 e. The SMILES string of the molecule is CC(C)(CCP(=O)=O)C(C)(C)P(=O)=O. The molecule has 0 saturated carbocycles. The number of hydrogen-bond acceptors (Lipinski definition) is 4. The maximum atomic E-state index is 11.0. The first-order valence-electron chi connectivity index (χ1n) is 4.37. The van der Waals surface area contributed by atoms with E-state index in [0.717, 1.165) is 0 Å². The lowest BCUT2D eigenvalue weighted by atomic mass is 9.78. The van der Waals surface area contributed by atoms with Gasteiger partial charge in [0.25, 0.3) is 0 Å². The van der Waals surface area contributed by atoms with E-state index in [1.54, 1.807) is 27.7 Å². The molecule has 0 fully saturated rings. The van der Waals surface area contributed by atoms with E-state index >= 15 is 0 Å². The molecule has 0 aromatic carbocycles. The van der Waals surface area contributed by atoms with Gasteiger partial charge in [0, 0.05) is 0 Å². The summed E-state index contributed by atoms with van der Waals surface area (Å²) in [6, 6.07) is 0. The Morgan fingerprint density at radius 1 is 0.929 bits per heavy atom. The molecule has 0 N–H and O–H groups in total. The van der Waals surface area contributed by atoms with Crippen molar-refractivity contribution in [3.05, 3.63) is 0 Å². The van der Waals surface area contributed by atoms with Crippen molar-refractivity contribution in [1.29, 1.82) is 0 Å². The molecule has 4 nitrogen and oxygen atoms in total. The molecular weight excluding hydrogens is 222 g/mol. The Bertz CT molecular complexity index is 321. The molecule has 82 valence electrons. The number of rotatable bonds is 5. The minimum atomic E-state index is -2.56. The summed E-state index contributed by atoms with van der Waals surface area (Å²) in [4.78, 5) is 0. The van der Waals surface area contributed by atoms with Crippen molar-refractivity contribution in [3.8, 4) is 0 Å². The Morgan fingerprint density at radius 2 is 1.36 bits per heavy atom. The summed E-state index contributed by atoms with van der Waals surface area (Å²) >= 11 is 0. The van der Waals surface area contributed by atoms with Gasteiger partial charge in [-0.2, -0.15) is 0 Å². The summed E-state index contributed by atoms with van der Waals surface area (Å²) in [5.74, 6) is 0. The molecule has 0 saturated heterocycles. The van der Waals surface area contributed by atoms with Gasteiger partial charge in [-0.25, -0.2) is 18.3 Å². The zero-order valence-electron chi connectivity index (χ0n) is 8.94. The highest BCUT2D eigenvalue weighted by molar-refractivity contribution is 7.33. The van der Waals surface area contributed by atoms with Crippen LogP contribution in [0.15, 0.2) is 0 Å². The third-order valence-corrected chi connectivity index (χ3v) is 5.14. The van der Waals surface area contributed by atoms with Gasteiger partial charge < -0.3 is 0 Å². The van der Waals surface area contributed by atoms with E-state index in [1.807, 2.05) is 0 Å². The van der Waals surface area contributed by atoms with Gasteiger partial charge in [-0.05, 0) is 25.7 Å². The van der Waals surface area contributed by atoms with Crippen molar-refractivity contribution < 1.29 is 18.3 Å². The zero-order valence-corrected chi connectivity index (χ0v) is 10.7. The fourth-order valence-electron chi connectivity index (χ4n) is 0.924. The first-order chi connectivity index (χ1) is 6.11. The van der Waals surface area contributed by atoms with Crippen molar-refractivity contribution in [2.45, 2.75) is 39.3 Å². The van der Waals surface area contributed by atoms with Crippen LogP contribution in [0.3, 0.4) is 0 Å². The first-order valence-corrected chi connectivity index (χ1v) is 6.91. The average molecular weight is 238 g/mol. The largest absolute Gasteiger partial charge is 0.321 e. The lowest BCUT2D eigenvalue weighted by Crippen LogP contribution is -2.35. The second-order valence-electron chi connectivity index (χ2n) is 4.51. The quantitative estimate of drug-likeness (QED) is 0.687. The topological polar surface area (TPSA) is 68.3 Å². The normalized spacial score (nSPS) is 12.6. The molecule has 0 rings (SSSR count). The molecule has 0 radical (unpaired) electrons. The highest BCUT2D eigenvalue weighted by Crippen LogP contribution is 2.46. The maximum absolute atomic E-state index is 11.0. The van der Waals surface area contributed by atoms with Crippen LogP contribution in [0, 0.1) is 5.41 Å². The molecular formula is C8H16O4P2. The molecule has 0 aliphatic rings. The molecule has 6 heteroatoms. The molecule has 0 heterocycles. The fraction of sp³-hybridized carbons (Fsp3) is 1.00. The molecule has 0 spiro atoms. The second-order valence-corrected chi connectivity index (χ2v) is 7.25. The zero-order chi connectivity index (χ0) is 11.6. The molecule has 0 aromatic rings. The molecule has 0 aliphatic carbocycles. The summed E-state index contributed by atoms with van der Waals surface area (Å²) < 4.78 is 42.9. The minimum Gasteiger partial charge on any atom is -0.237 e. The molecule has 0 amide bonds. The van der Waals surface area contributed by atoms with Gasteiger partial charge in [0.05, 0.1) is 11.3 Å². The van der Waals surface area contributed by atoms with E-state index in [1.165, 1.54) is 0 Å². The van der Waals surface area contributed by atoms with Gasteiger partial charge in [0.15, 0.2) is 0 Å². The van der Waals surface area contributed by atoms with Gasteiger partial charge >= 0.3 is 15.4 Å². The number of hydrogen-bond donors (Lipinski definition) is 0. The minimum absolute atomic E-state index is 0.0366. The Balaban J connectivity index is 4.76. The third kappa shape index (κ3) is 3.18. The second kappa shape index (κ2) is 4.55. The molecule has 0 atom stereocenters. The lowest BCUT2D eigenvalue weighted by Gasteiger charge is -2.35. The van der Waals surface area contributed by atoms with Crippen LogP contribution in [0.1, 0.15) is 34.1 Å². The van der Waals surface area contributed by atoms with Crippen molar-refractivity contribution in [2.75, 3.05) is 6.16 Å². The van der Waals surface area contributed by atoms with E-state index < -0.39 is 25.9 Å². The molecule has 14 heavy (non-hydrogen) atoms. The van der Waals surface area contributed by atoms with E-state index in [2.05, 4.69) is 0 Å². The Labute approximate surface area is 85.1 Å². The predicted molar refractivity (Wildman–Crippen MR) is 53.9 cm³/mol. The monoisotopic (exact) mass is 238 g/mol. The summed E-state index contributed by atoms with van der Waals surface area (Å²) in [7, 11) is -4.99. The van der Waals surface area contributed by atoms with Crippen LogP contribution in [-0.4, -0.2) is 11.3 Å². The lowest BCUT2D eigenvalue weighted by molar-refractivity contribution is 0.255. The Kier molecular flexibility index (Phi) is 4.48. The van der Waals surface area contributed by atoms with Crippen molar-refractivity contribution in [3.63, 3.8) is 0 Å². The van der Waals surface area contributed by atoms with Crippen molar-refractivity contribution in [1.82, 2.24) is 0 Å². The third-order valence-electron chi connectivity index (χ3n) is 3.03. The van der Waals surface area contributed by atoms with Gasteiger partial charge in [-0.1, -0.05) is 13.8 Å². The van der Waals surface area contributed by atoms with Gasteiger partial charge in [0.1, 0.15) is 0 Å². The van der Waals surface area contributed by atoms with Crippen LogP contribution < -0.4 is 0 Å². The Hall–Kier alpha value is -0.200. The smallest absolute Gasteiger partial charge is 0.237 e.